The lowest BCUT2D eigenvalue weighted by Gasteiger charge is -2.31. The Kier molecular flexibility index (Phi) is 5.60. The summed E-state index contributed by atoms with van der Waals surface area (Å²) >= 11 is 0. The van der Waals surface area contributed by atoms with Gasteiger partial charge in [0.2, 0.25) is 0 Å². The van der Waals surface area contributed by atoms with Gasteiger partial charge in [-0.15, -0.1) is 0 Å². The Balaban J connectivity index is 2.33. The molecule has 0 N–H and O–H groups in total. The number of hydrogen-bond donors (Lipinski definition) is 0. The van der Waals surface area contributed by atoms with Crippen molar-refractivity contribution >= 4 is 7.60 Å². The number of benzene rings is 1. The number of alkyl halides is 2. The van der Waals surface area contributed by atoms with Gasteiger partial charge in [-0.1, -0.05) is 12.1 Å². The second kappa shape index (κ2) is 7.11. The van der Waals surface area contributed by atoms with Crippen molar-refractivity contribution in [1.29, 1.82) is 0 Å². The van der Waals surface area contributed by atoms with Crippen LogP contribution in [0.1, 0.15) is 25.5 Å². The van der Waals surface area contributed by atoms with E-state index in [1.54, 1.807) is 0 Å². The summed E-state index contributed by atoms with van der Waals surface area (Å²) in [5, 5.41) is 7.47. The van der Waals surface area contributed by atoms with Gasteiger partial charge in [0, 0.05) is 0 Å². The van der Waals surface area contributed by atoms with Crippen LogP contribution in [0.2, 0.25) is 0 Å². The van der Waals surface area contributed by atoms with Gasteiger partial charge in [0.15, 0.2) is 0 Å². The summed E-state index contributed by atoms with van der Waals surface area (Å²) in [6.07, 6.45) is 0. The third-order valence-electron chi connectivity index (χ3n) is 3.49. The van der Waals surface area contributed by atoms with E-state index in [4.69, 9.17) is 9.05 Å². The Morgan fingerprint density at radius 2 is 1.78 bits per heavy atom. The molecule has 0 unspecified atom stereocenters. The van der Waals surface area contributed by atoms with E-state index < -0.39 is 31.0 Å². The van der Waals surface area contributed by atoms with E-state index in [0.29, 0.717) is 5.56 Å². The molecule has 0 saturated carbocycles. The van der Waals surface area contributed by atoms with Crippen LogP contribution >= 0.6 is 7.60 Å². The molecule has 0 fully saturated rings. The van der Waals surface area contributed by atoms with Crippen molar-refractivity contribution < 1.29 is 26.8 Å². The van der Waals surface area contributed by atoms with Crippen molar-refractivity contribution in [2.45, 2.75) is 25.6 Å². The van der Waals surface area contributed by atoms with Crippen LogP contribution in [-0.2, 0) is 13.6 Å². The quantitative estimate of drug-likeness (QED) is 0.663. The molecule has 0 amide bonds. The molecule has 0 bridgehead atoms. The van der Waals surface area contributed by atoms with Crippen LogP contribution in [-0.4, -0.2) is 25.4 Å². The van der Waals surface area contributed by atoms with Crippen LogP contribution in [0.25, 0.3) is 0 Å². The Bertz CT molecular complexity index is 600. The minimum Gasteiger partial charge on any atom is -0.305 e. The minimum absolute atomic E-state index is 0.172. The summed E-state index contributed by atoms with van der Waals surface area (Å²) in [5.74, 6) is -1.96. The van der Waals surface area contributed by atoms with E-state index in [1.807, 2.05) is 0 Å². The predicted octanol–water partition coefficient (Wildman–Crippen LogP) is 4.81. The average Bonchev–Trinajstić information content (AvgIpc) is 2.98. The number of azo groups is 1. The maximum Gasteiger partial charge on any atom is 0.400 e. The zero-order valence-electron chi connectivity index (χ0n) is 12.8. The summed E-state index contributed by atoms with van der Waals surface area (Å²) in [6, 6.07) is 4.01. The van der Waals surface area contributed by atoms with E-state index >= 15 is 0 Å². The lowest BCUT2D eigenvalue weighted by molar-refractivity contribution is -0.0128. The molecule has 1 aromatic rings. The van der Waals surface area contributed by atoms with Crippen molar-refractivity contribution in [3.63, 3.8) is 0 Å². The number of nitrogens with zero attached hydrogens (tertiary/aromatic N) is 2. The summed E-state index contributed by atoms with van der Waals surface area (Å²) < 4.78 is 64.8. The van der Waals surface area contributed by atoms with E-state index in [-0.39, 0.29) is 19.8 Å². The summed E-state index contributed by atoms with van der Waals surface area (Å²) in [6.45, 7) is 2.27. The van der Waals surface area contributed by atoms with E-state index in [0.717, 1.165) is 12.1 Å². The first-order valence-corrected chi connectivity index (χ1v) is 8.79. The Morgan fingerprint density at radius 1 is 1.22 bits per heavy atom. The van der Waals surface area contributed by atoms with Gasteiger partial charge in [-0.25, -0.2) is 4.39 Å². The molecule has 9 heteroatoms. The molecule has 0 aromatic heterocycles. The first kappa shape index (κ1) is 18.1. The molecular formula is C14H18F3N2O3P. The molecule has 1 heterocycles. The standard InChI is InChI=1S/C14H18F3N2O3P/c1-3-21-23(20,22-4-2)14(16,17)12-9-18-19-13(12)10-5-7-11(15)8-6-10/h5-8,12-13H,3-4,9H2,1-2H3/t12-,13+/m0/s1. The highest BCUT2D eigenvalue weighted by Gasteiger charge is 2.62. The molecule has 0 saturated heterocycles. The molecule has 23 heavy (non-hydrogen) atoms. The van der Waals surface area contributed by atoms with Gasteiger partial charge in [-0.2, -0.15) is 19.0 Å². The van der Waals surface area contributed by atoms with Crippen LogP contribution in [0.4, 0.5) is 13.2 Å². The maximum atomic E-state index is 14.9. The highest BCUT2D eigenvalue weighted by atomic mass is 31.2. The second-order valence-electron chi connectivity index (χ2n) is 4.96. The smallest absolute Gasteiger partial charge is 0.305 e. The fourth-order valence-electron chi connectivity index (χ4n) is 2.41. The monoisotopic (exact) mass is 350 g/mol. The third kappa shape index (κ3) is 3.49. The van der Waals surface area contributed by atoms with Gasteiger partial charge < -0.3 is 9.05 Å². The molecule has 128 valence electrons. The Morgan fingerprint density at radius 3 is 2.30 bits per heavy atom. The first-order chi connectivity index (χ1) is 10.9. The number of hydrogen-bond acceptors (Lipinski definition) is 5. The highest BCUT2D eigenvalue weighted by molar-refractivity contribution is 7.55. The zero-order chi connectivity index (χ0) is 17.1. The summed E-state index contributed by atoms with van der Waals surface area (Å²) in [5.41, 5.74) is -3.39. The van der Waals surface area contributed by atoms with Crippen LogP contribution in [0, 0.1) is 11.7 Å². The molecule has 2 rings (SSSR count). The van der Waals surface area contributed by atoms with Gasteiger partial charge in [0.05, 0.1) is 25.7 Å². The average molecular weight is 350 g/mol. The van der Waals surface area contributed by atoms with Gasteiger partial charge in [-0.3, -0.25) is 4.57 Å². The topological polar surface area (TPSA) is 60.2 Å². The van der Waals surface area contributed by atoms with Crippen molar-refractivity contribution in [3.05, 3.63) is 35.6 Å². The molecule has 1 aliphatic heterocycles. The van der Waals surface area contributed by atoms with E-state index in [9.17, 15) is 17.7 Å². The number of rotatable bonds is 7. The van der Waals surface area contributed by atoms with Crippen molar-refractivity contribution in [1.82, 2.24) is 0 Å². The SMILES string of the molecule is CCOP(=O)(OCC)C(F)(F)[C@H]1CN=N[C@@H]1c1ccc(F)cc1. The van der Waals surface area contributed by atoms with Crippen LogP contribution in [0.15, 0.2) is 34.5 Å². The maximum absolute atomic E-state index is 14.9. The molecule has 0 spiro atoms. The fraction of sp³-hybridized carbons (Fsp3) is 0.571. The second-order valence-corrected chi connectivity index (χ2v) is 7.07. The van der Waals surface area contributed by atoms with Gasteiger partial charge in [-0.05, 0) is 31.5 Å². The summed E-state index contributed by atoms with van der Waals surface area (Å²) in [7, 11) is -4.67. The van der Waals surface area contributed by atoms with Crippen molar-refractivity contribution in [2.24, 2.45) is 16.1 Å². The lowest BCUT2D eigenvalue weighted by atomic mass is 9.95. The normalized spacial score (nSPS) is 21.8. The molecule has 1 aliphatic rings. The molecular weight excluding hydrogens is 332 g/mol. The third-order valence-corrected chi connectivity index (χ3v) is 5.74. The molecule has 2 atom stereocenters. The summed E-state index contributed by atoms with van der Waals surface area (Å²) in [4.78, 5) is 0. The van der Waals surface area contributed by atoms with Crippen molar-refractivity contribution in [2.75, 3.05) is 19.8 Å². The van der Waals surface area contributed by atoms with Gasteiger partial charge in [0.25, 0.3) is 0 Å². The predicted molar refractivity (Wildman–Crippen MR) is 78.2 cm³/mol. The van der Waals surface area contributed by atoms with Crippen molar-refractivity contribution in [3.8, 4) is 0 Å². The molecule has 0 radical (unpaired) electrons. The van der Waals surface area contributed by atoms with Gasteiger partial charge in [0.1, 0.15) is 11.9 Å². The van der Waals surface area contributed by atoms with Gasteiger partial charge >= 0.3 is 13.3 Å². The number of halogens is 3. The molecule has 5 nitrogen and oxygen atoms in total. The Labute approximate surface area is 132 Å². The lowest BCUT2D eigenvalue weighted by Crippen LogP contribution is -2.34. The Hall–Kier alpha value is -1.24. The molecule has 0 aliphatic carbocycles. The first-order valence-electron chi connectivity index (χ1n) is 7.24. The van der Waals surface area contributed by atoms with Crippen LogP contribution < -0.4 is 0 Å². The largest absolute Gasteiger partial charge is 0.400 e. The minimum atomic E-state index is -4.67. The highest BCUT2D eigenvalue weighted by Crippen LogP contribution is 2.67. The van der Waals surface area contributed by atoms with E-state index in [1.165, 1.54) is 26.0 Å². The van der Waals surface area contributed by atoms with Crippen LogP contribution in [0.3, 0.4) is 0 Å². The zero-order valence-corrected chi connectivity index (χ0v) is 13.7. The van der Waals surface area contributed by atoms with Crippen LogP contribution in [0.5, 0.6) is 0 Å². The molecule has 1 aromatic carbocycles. The van der Waals surface area contributed by atoms with E-state index in [2.05, 4.69) is 10.2 Å². The fourth-order valence-corrected chi connectivity index (χ4v) is 4.14.